The van der Waals surface area contributed by atoms with Crippen LogP contribution in [-0.4, -0.2) is 62.6 Å². The fourth-order valence-electron chi connectivity index (χ4n) is 4.85. The van der Waals surface area contributed by atoms with Crippen molar-refractivity contribution in [1.82, 2.24) is 9.80 Å². The summed E-state index contributed by atoms with van der Waals surface area (Å²) in [5.74, 6) is 1.04. The number of likely N-dealkylation sites (tertiary alicyclic amines) is 2. The molecule has 152 valence electrons. The third kappa shape index (κ3) is 3.49. The molecule has 0 saturated carbocycles. The Morgan fingerprint density at radius 1 is 0.931 bits per heavy atom. The molecule has 0 unspecified atom stereocenters. The molecule has 1 amide bonds. The number of methoxy groups -OCH3 is 2. The van der Waals surface area contributed by atoms with E-state index in [1.807, 2.05) is 17.0 Å². The quantitative estimate of drug-likeness (QED) is 0.747. The second-order valence-corrected chi connectivity index (χ2v) is 7.83. The Bertz CT molecular complexity index is 911. The van der Waals surface area contributed by atoms with Crippen LogP contribution in [0.1, 0.15) is 32.3 Å². The van der Waals surface area contributed by atoms with E-state index in [2.05, 4.69) is 24.1 Å². The van der Waals surface area contributed by atoms with Crippen LogP contribution in [0.5, 0.6) is 5.75 Å². The van der Waals surface area contributed by atoms with E-state index in [4.69, 9.17) is 9.47 Å². The van der Waals surface area contributed by atoms with Crippen LogP contribution in [0.4, 0.5) is 0 Å². The number of benzene rings is 2. The molecule has 0 radical (unpaired) electrons. The largest absolute Gasteiger partial charge is 0.497 e. The van der Waals surface area contributed by atoms with E-state index >= 15 is 0 Å². The van der Waals surface area contributed by atoms with E-state index in [0.29, 0.717) is 36.1 Å². The summed E-state index contributed by atoms with van der Waals surface area (Å²) < 4.78 is 10.1. The van der Waals surface area contributed by atoms with Gasteiger partial charge in [0.15, 0.2) is 0 Å². The standard InChI is InChI=1S/C23H26N2O4/c1-24-12-16-13-25(22(26)18-6-4-5-7-19(18)23(27)29-3)14-20(16)21(24)15-8-10-17(28-2)11-9-15/h4-11,16,20-21H,12-14H2,1-3H3/t16-,20+,21+/m0/s1. The molecule has 2 heterocycles. The minimum absolute atomic E-state index is 0.100. The van der Waals surface area contributed by atoms with Crippen LogP contribution in [0.15, 0.2) is 48.5 Å². The van der Waals surface area contributed by atoms with Crippen molar-refractivity contribution in [1.29, 1.82) is 0 Å². The predicted molar refractivity (Wildman–Crippen MR) is 109 cm³/mol. The van der Waals surface area contributed by atoms with Gasteiger partial charge in [-0.3, -0.25) is 9.69 Å². The molecule has 0 bridgehead atoms. The monoisotopic (exact) mass is 394 g/mol. The number of carbonyl (C=O) groups excluding carboxylic acids is 2. The van der Waals surface area contributed by atoms with Gasteiger partial charge in [0.2, 0.25) is 0 Å². The summed E-state index contributed by atoms with van der Waals surface area (Å²) in [4.78, 5) is 29.6. The Hall–Kier alpha value is -2.86. The van der Waals surface area contributed by atoms with Crippen molar-refractivity contribution in [3.63, 3.8) is 0 Å². The Morgan fingerprint density at radius 2 is 1.62 bits per heavy atom. The molecule has 0 aromatic heterocycles. The minimum atomic E-state index is -0.482. The number of carbonyl (C=O) groups is 2. The van der Waals surface area contributed by atoms with E-state index in [0.717, 1.165) is 12.3 Å². The summed E-state index contributed by atoms with van der Waals surface area (Å²) in [5.41, 5.74) is 1.97. The lowest BCUT2D eigenvalue weighted by Crippen LogP contribution is -2.34. The maximum atomic E-state index is 13.2. The number of hydrogen-bond acceptors (Lipinski definition) is 5. The number of nitrogens with zero attached hydrogens (tertiary/aromatic N) is 2. The summed E-state index contributed by atoms with van der Waals surface area (Å²) in [5, 5.41) is 0. The molecule has 2 aliphatic rings. The number of rotatable bonds is 4. The molecule has 2 saturated heterocycles. The molecule has 29 heavy (non-hydrogen) atoms. The van der Waals surface area contributed by atoms with Gasteiger partial charge in [-0.15, -0.1) is 0 Å². The molecular weight excluding hydrogens is 368 g/mol. The van der Waals surface area contributed by atoms with Crippen molar-refractivity contribution < 1.29 is 19.1 Å². The molecule has 0 spiro atoms. The predicted octanol–water partition coefficient (Wildman–Crippen LogP) is 2.86. The maximum absolute atomic E-state index is 13.2. The maximum Gasteiger partial charge on any atom is 0.338 e. The molecule has 6 heteroatoms. The third-order valence-electron chi connectivity index (χ3n) is 6.20. The minimum Gasteiger partial charge on any atom is -0.497 e. The molecular formula is C23H26N2O4. The lowest BCUT2D eigenvalue weighted by molar-refractivity contribution is 0.0591. The summed E-state index contributed by atoms with van der Waals surface area (Å²) >= 11 is 0. The van der Waals surface area contributed by atoms with Crippen molar-refractivity contribution >= 4 is 11.9 Å². The van der Waals surface area contributed by atoms with Crippen molar-refractivity contribution in [2.45, 2.75) is 6.04 Å². The highest BCUT2D eigenvalue weighted by molar-refractivity contribution is 6.05. The zero-order chi connectivity index (χ0) is 20.5. The van der Waals surface area contributed by atoms with Crippen LogP contribution in [-0.2, 0) is 4.74 Å². The highest BCUT2D eigenvalue weighted by Gasteiger charge is 2.47. The van der Waals surface area contributed by atoms with Crippen molar-refractivity contribution in [2.24, 2.45) is 11.8 Å². The van der Waals surface area contributed by atoms with Gasteiger partial charge in [0.25, 0.3) is 5.91 Å². The molecule has 2 aromatic rings. The van der Waals surface area contributed by atoms with Crippen molar-refractivity contribution in [3.05, 3.63) is 65.2 Å². The topological polar surface area (TPSA) is 59.1 Å². The molecule has 2 aliphatic heterocycles. The van der Waals surface area contributed by atoms with Gasteiger partial charge < -0.3 is 14.4 Å². The molecule has 0 N–H and O–H groups in total. The lowest BCUT2D eigenvalue weighted by atomic mass is 9.89. The smallest absolute Gasteiger partial charge is 0.338 e. The van der Waals surface area contributed by atoms with Crippen LogP contribution in [0.2, 0.25) is 0 Å². The number of fused-ring (bicyclic) bond motifs is 1. The Labute approximate surface area is 171 Å². The second kappa shape index (κ2) is 7.87. The zero-order valence-corrected chi connectivity index (χ0v) is 17.0. The van der Waals surface area contributed by atoms with Gasteiger partial charge in [-0.2, -0.15) is 0 Å². The summed E-state index contributed by atoms with van der Waals surface area (Å²) in [6.07, 6.45) is 0. The van der Waals surface area contributed by atoms with E-state index in [1.165, 1.54) is 12.7 Å². The molecule has 3 atom stereocenters. The van der Waals surface area contributed by atoms with E-state index in [1.54, 1.807) is 31.4 Å². The van der Waals surface area contributed by atoms with Gasteiger partial charge in [0, 0.05) is 31.6 Å². The first kappa shape index (κ1) is 19.5. The molecule has 6 nitrogen and oxygen atoms in total. The number of hydrogen-bond donors (Lipinski definition) is 0. The molecule has 0 aliphatic carbocycles. The number of ether oxygens (including phenoxy) is 2. The SMILES string of the molecule is COC(=O)c1ccccc1C(=O)N1C[C@@H]2CN(C)[C@H](c3ccc(OC)cc3)[C@@H]2C1. The zero-order valence-electron chi connectivity index (χ0n) is 17.0. The van der Waals surface area contributed by atoms with Crippen LogP contribution in [0, 0.1) is 11.8 Å². The fourth-order valence-corrected chi connectivity index (χ4v) is 4.85. The molecule has 4 rings (SSSR count). The second-order valence-electron chi connectivity index (χ2n) is 7.83. The highest BCUT2D eigenvalue weighted by Crippen LogP contribution is 2.44. The van der Waals surface area contributed by atoms with Crippen LogP contribution >= 0.6 is 0 Å². The van der Waals surface area contributed by atoms with Gasteiger partial charge in [-0.25, -0.2) is 4.79 Å². The van der Waals surface area contributed by atoms with Gasteiger partial charge in [0.05, 0.1) is 25.3 Å². The van der Waals surface area contributed by atoms with Crippen molar-refractivity contribution in [2.75, 3.05) is 40.9 Å². The van der Waals surface area contributed by atoms with Crippen LogP contribution < -0.4 is 4.74 Å². The number of esters is 1. The lowest BCUT2D eigenvalue weighted by Gasteiger charge is -2.27. The van der Waals surface area contributed by atoms with Gasteiger partial charge >= 0.3 is 5.97 Å². The van der Waals surface area contributed by atoms with Gasteiger partial charge in [-0.1, -0.05) is 24.3 Å². The van der Waals surface area contributed by atoms with E-state index < -0.39 is 5.97 Å². The normalized spacial score (nSPS) is 23.7. The summed E-state index contributed by atoms with van der Waals surface area (Å²) in [7, 11) is 5.14. The van der Waals surface area contributed by atoms with E-state index in [-0.39, 0.29) is 11.9 Å². The highest BCUT2D eigenvalue weighted by atomic mass is 16.5. The van der Waals surface area contributed by atoms with Gasteiger partial charge in [0.1, 0.15) is 5.75 Å². The van der Waals surface area contributed by atoms with E-state index in [9.17, 15) is 9.59 Å². The first-order chi connectivity index (χ1) is 14.0. The summed E-state index contributed by atoms with van der Waals surface area (Å²) in [6.45, 7) is 2.33. The summed E-state index contributed by atoms with van der Waals surface area (Å²) in [6, 6.07) is 15.3. The van der Waals surface area contributed by atoms with Gasteiger partial charge in [-0.05, 0) is 42.8 Å². The first-order valence-electron chi connectivity index (χ1n) is 9.84. The fraction of sp³-hybridized carbons (Fsp3) is 0.391. The first-order valence-corrected chi connectivity index (χ1v) is 9.84. The van der Waals surface area contributed by atoms with Crippen LogP contribution in [0.25, 0.3) is 0 Å². The molecule has 2 fully saturated rings. The average molecular weight is 394 g/mol. The van der Waals surface area contributed by atoms with Crippen LogP contribution in [0.3, 0.4) is 0 Å². The Morgan fingerprint density at radius 3 is 2.28 bits per heavy atom. The van der Waals surface area contributed by atoms with Crippen molar-refractivity contribution in [3.8, 4) is 5.75 Å². The molecule has 2 aromatic carbocycles. The number of amides is 1. The average Bonchev–Trinajstić information content (AvgIpc) is 3.29. The third-order valence-corrected chi connectivity index (χ3v) is 6.20. The Balaban J connectivity index is 1.55. The Kier molecular flexibility index (Phi) is 5.28.